The van der Waals surface area contributed by atoms with Crippen molar-refractivity contribution in [1.82, 2.24) is 4.90 Å². The number of nitrogens with zero attached hydrogens (tertiary/aromatic N) is 1. The predicted octanol–water partition coefficient (Wildman–Crippen LogP) is 5.68. The smallest absolute Gasteiger partial charge is 0.339 e. The van der Waals surface area contributed by atoms with Gasteiger partial charge in [-0.05, 0) is 86.1 Å². The van der Waals surface area contributed by atoms with Crippen LogP contribution < -0.4 is 4.74 Å². The number of furan rings is 1. The molecule has 0 atom stereocenters. The molecule has 0 radical (unpaired) electrons. The van der Waals surface area contributed by atoms with E-state index in [0.717, 1.165) is 11.8 Å². The second-order valence-electron chi connectivity index (χ2n) is 9.90. The van der Waals surface area contributed by atoms with Gasteiger partial charge in [0.25, 0.3) is 5.91 Å². The molecule has 8 heteroatoms. The maximum absolute atomic E-state index is 13.4. The molecule has 1 aromatic carbocycles. The van der Waals surface area contributed by atoms with Crippen molar-refractivity contribution in [3.05, 3.63) is 46.6 Å². The topological polar surface area (TPSA) is 80.0 Å². The summed E-state index contributed by atoms with van der Waals surface area (Å²) >= 11 is 7.04. The summed E-state index contributed by atoms with van der Waals surface area (Å²) in [4.78, 5) is 27.5. The van der Waals surface area contributed by atoms with E-state index in [9.17, 15) is 14.7 Å². The summed E-state index contributed by atoms with van der Waals surface area (Å²) in [6.45, 7) is 0. The highest BCUT2D eigenvalue weighted by Crippen LogP contribution is 2.56. The minimum Gasteiger partial charge on any atom is -0.496 e. The number of hydrogen-bond donors (Lipinski definition) is 1. The maximum atomic E-state index is 13.4. The zero-order chi connectivity index (χ0) is 23.6. The number of thioether (sulfide) groups is 1. The van der Waals surface area contributed by atoms with Gasteiger partial charge in [0.2, 0.25) is 0 Å². The molecule has 0 spiro atoms. The molecule has 1 amide bonds. The molecule has 5 aliphatic rings. The molecular formula is C26H25NO5S2. The highest BCUT2D eigenvalue weighted by molar-refractivity contribution is 8.26. The van der Waals surface area contributed by atoms with Gasteiger partial charge in [0.05, 0.1) is 12.0 Å². The normalized spacial score (nSPS) is 31.0. The van der Waals surface area contributed by atoms with Crippen LogP contribution in [0.4, 0.5) is 0 Å². The molecule has 4 saturated carbocycles. The van der Waals surface area contributed by atoms with Crippen LogP contribution in [0.1, 0.15) is 48.2 Å². The van der Waals surface area contributed by atoms with E-state index in [2.05, 4.69) is 0 Å². The van der Waals surface area contributed by atoms with Crippen molar-refractivity contribution < 1.29 is 23.8 Å². The summed E-state index contributed by atoms with van der Waals surface area (Å²) < 4.78 is 11.7. The largest absolute Gasteiger partial charge is 0.496 e. The molecule has 1 N–H and O–H groups in total. The molecule has 176 valence electrons. The van der Waals surface area contributed by atoms with Gasteiger partial charge in [0.1, 0.15) is 27.2 Å². The molecular weight excluding hydrogens is 470 g/mol. The lowest BCUT2D eigenvalue weighted by Crippen LogP contribution is -2.57. The average molecular weight is 496 g/mol. The lowest BCUT2D eigenvalue weighted by molar-refractivity contribution is -0.130. The van der Waals surface area contributed by atoms with E-state index in [0.29, 0.717) is 38.1 Å². The first-order valence-corrected chi connectivity index (χ1v) is 12.9. The number of amides is 1. The van der Waals surface area contributed by atoms with Gasteiger partial charge in [0.15, 0.2) is 0 Å². The highest BCUT2D eigenvalue weighted by Gasteiger charge is 2.53. The molecule has 6 nitrogen and oxygen atoms in total. The number of carboxylic acids is 1. The van der Waals surface area contributed by atoms with Gasteiger partial charge in [-0.1, -0.05) is 24.0 Å². The summed E-state index contributed by atoms with van der Waals surface area (Å²) in [5.74, 6) is 3.10. The fraction of sp³-hybridized carbons (Fsp3) is 0.423. The van der Waals surface area contributed by atoms with Gasteiger partial charge in [-0.15, -0.1) is 0 Å². The molecule has 1 aromatic heterocycles. The van der Waals surface area contributed by atoms with E-state index in [1.165, 1.54) is 57.0 Å². The van der Waals surface area contributed by atoms with Gasteiger partial charge in [-0.3, -0.25) is 9.69 Å². The van der Waals surface area contributed by atoms with E-state index < -0.39 is 5.97 Å². The van der Waals surface area contributed by atoms with Gasteiger partial charge in [-0.25, -0.2) is 4.79 Å². The van der Waals surface area contributed by atoms with E-state index in [4.69, 9.17) is 21.4 Å². The number of hydrogen-bond acceptors (Lipinski definition) is 6. The van der Waals surface area contributed by atoms with Crippen LogP contribution in [0, 0.1) is 23.7 Å². The minimum atomic E-state index is -1.07. The fourth-order valence-electron chi connectivity index (χ4n) is 6.80. The number of aromatic carboxylic acids is 1. The van der Waals surface area contributed by atoms with Crippen LogP contribution in [0.25, 0.3) is 17.4 Å². The molecule has 34 heavy (non-hydrogen) atoms. The van der Waals surface area contributed by atoms with Crippen LogP contribution in [0.15, 0.2) is 39.7 Å². The Labute approximate surface area is 207 Å². The Bertz CT molecular complexity index is 1200. The number of carbonyl (C=O) groups is 2. The zero-order valence-corrected chi connectivity index (χ0v) is 20.4. The van der Waals surface area contributed by atoms with Crippen LogP contribution in [0.2, 0.25) is 0 Å². The van der Waals surface area contributed by atoms with Crippen LogP contribution in [0.3, 0.4) is 0 Å². The monoisotopic (exact) mass is 495 g/mol. The van der Waals surface area contributed by atoms with Crippen LogP contribution in [-0.2, 0) is 4.79 Å². The number of methoxy groups -OCH3 is 1. The number of benzene rings is 1. The van der Waals surface area contributed by atoms with Crippen molar-refractivity contribution >= 4 is 46.3 Å². The first kappa shape index (κ1) is 21.9. The first-order chi connectivity index (χ1) is 16.4. The summed E-state index contributed by atoms with van der Waals surface area (Å²) in [6, 6.07) is 8.69. The van der Waals surface area contributed by atoms with E-state index in [-0.39, 0.29) is 23.3 Å². The van der Waals surface area contributed by atoms with Crippen molar-refractivity contribution in [1.29, 1.82) is 0 Å². The van der Waals surface area contributed by atoms with Crippen LogP contribution in [-0.4, -0.2) is 39.4 Å². The zero-order valence-electron chi connectivity index (χ0n) is 18.7. The van der Waals surface area contributed by atoms with Gasteiger partial charge >= 0.3 is 5.97 Å². The lowest BCUT2D eigenvalue weighted by Gasteiger charge is -2.56. The first-order valence-electron chi connectivity index (χ1n) is 11.7. The average Bonchev–Trinajstić information content (AvgIpc) is 3.38. The molecule has 4 bridgehead atoms. The summed E-state index contributed by atoms with van der Waals surface area (Å²) in [6.07, 6.45) is 8.05. The maximum Gasteiger partial charge on any atom is 0.339 e. The quantitative estimate of drug-likeness (QED) is 0.422. The molecule has 5 fully saturated rings. The Balaban J connectivity index is 1.24. The molecule has 1 saturated heterocycles. The van der Waals surface area contributed by atoms with E-state index in [1.807, 2.05) is 4.90 Å². The van der Waals surface area contributed by atoms with Crippen LogP contribution >= 0.6 is 24.0 Å². The van der Waals surface area contributed by atoms with Crippen molar-refractivity contribution in [2.24, 2.45) is 23.7 Å². The number of rotatable bonds is 5. The van der Waals surface area contributed by atoms with E-state index >= 15 is 0 Å². The van der Waals surface area contributed by atoms with Crippen molar-refractivity contribution in [2.75, 3.05) is 7.11 Å². The van der Waals surface area contributed by atoms with Crippen molar-refractivity contribution in [3.63, 3.8) is 0 Å². The third kappa shape index (κ3) is 3.58. The van der Waals surface area contributed by atoms with Crippen molar-refractivity contribution in [2.45, 2.75) is 38.1 Å². The standard InChI is InChI=1S/C26H25NO5S2/c1-31-21-4-2-15(11-19(21)25(29)30)20-5-3-18(32-20)12-22-24(28)27(26(33)34-22)23-16-7-13-6-14(9-16)10-17(23)8-13/h2-5,11-14,16-17,23H,6-10H2,1H3,(H,29,30). The Morgan fingerprint density at radius 3 is 2.50 bits per heavy atom. The predicted molar refractivity (Wildman–Crippen MR) is 134 cm³/mol. The number of ether oxygens (including phenoxy) is 1. The molecule has 7 rings (SSSR count). The van der Waals surface area contributed by atoms with Gasteiger partial charge in [-0.2, -0.15) is 0 Å². The van der Waals surface area contributed by atoms with Gasteiger partial charge in [0, 0.05) is 17.7 Å². The van der Waals surface area contributed by atoms with Gasteiger partial charge < -0.3 is 14.3 Å². The van der Waals surface area contributed by atoms with Crippen LogP contribution in [0.5, 0.6) is 5.75 Å². The second kappa shape index (κ2) is 8.27. The minimum absolute atomic E-state index is 0.0111. The molecule has 2 heterocycles. The molecule has 4 aliphatic carbocycles. The highest BCUT2D eigenvalue weighted by atomic mass is 32.2. The second-order valence-corrected chi connectivity index (χ2v) is 11.6. The Kier molecular flexibility index (Phi) is 5.33. The lowest BCUT2D eigenvalue weighted by atomic mass is 9.54. The number of carbonyl (C=O) groups excluding carboxylic acids is 1. The Morgan fingerprint density at radius 1 is 1.15 bits per heavy atom. The summed E-state index contributed by atoms with van der Waals surface area (Å²) in [5, 5.41) is 9.45. The van der Waals surface area contributed by atoms with E-state index in [1.54, 1.807) is 30.3 Å². The third-order valence-electron chi connectivity index (χ3n) is 7.91. The number of carboxylic acid groups (broad SMARTS) is 1. The van der Waals surface area contributed by atoms with Crippen molar-refractivity contribution in [3.8, 4) is 17.1 Å². The molecule has 1 aliphatic heterocycles. The Hall–Kier alpha value is -2.58. The molecule has 0 unspecified atom stereocenters. The fourth-order valence-corrected chi connectivity index (χ4v) is 8.12. The summed E-state index contributed by atoms with van der Waals surface area (Å²) in [7, 11) is 1.44. The number of thiocarbonyl (C=S) groups is 1. The third-order valence-corrected chi connectivity index (χ3v) is 9.24. The Morgan fingerprint density at radius 2 is 1.85 bits per heavy atom. The SMILES string of the molecule is COc1ccc(-c2ccc(C=C3SC(=S)N(C4C5CC6CC(C5)CC4C6)C3=O)o2)cc1C(=O)O. The summed E-state index contributed by atoms with van der Waals surface area (Å²) in [5.41, 5.74) is 0.688. The molecule has 2 aromatic rings.